The van der Waals surface area contributed by atoms with Gasteiger partial charge in [0.15, 0.2) is 0 Å². The van der Waals surface area contributed by atoms with Crippen LogP contribution in [0.4, 0.5) is 0 Å². The van der Waals surface area contributed by atoms with Crippen molar-refractivity contribution < 1.29 is 14.7 Å². The number of pyridine rings is 1. The zero-order valence-corrected chi connectivity index (χ0v) is 8.26. The van der Waals surface area contributed by atoms with Crippen LogP contribution in [0.2, 0.25) is 0 Å². The van der Waals surface area contributed by atoms with Gasteiger partial charge in [0.1, 0.15) is 5.75 Å². The van der Waals surface area contributed by atoms with Crippen LogP contribution in [-0.4, -0.2) is 11.3 Å². The molecule has 3 heteroatoms. The van der Waals surface area contributed by atoms with E-state index in [-0.39, 0.29) is 0 Å². The fourth-order valence-electron chi connectivity index (χ4n) is 1.63. The van der Waals surface area contributed by atoms with E-state index in [1.807, 2.05) is 30.3 Å². The van der Waals surface area contributed by atoms with Crippen LogP contribution in [0, 0.1) is 0 Å². The van der Waals surface area contributed by atoms with Gasteiger partial charge in [-0.25, -0.2) is 0 Å². The molecule has 1 aliphatic rings. The Hall–Kier alpha value is -1.77. The van der Waals surface area contributed by atoms with Gasteiger partial charge in [-0.1, -0.05) is 0 Å². The molecule has 15 heavy (non-hydrogen) atoms. The summed E-state index contributed by atoms with van der Waals surface area (Å²) in [6.45, 7) is 0. The van der Waals surface area contributed by atoms with Crippen molar-refractivity contribution in [3.63, 3.8) is 0 Å². The average molecular weight is 202 g/mol. The maximum Gasteiger partial charge on any atom is 0.264 e. The maximum atomic E-state index is 9.53. The monoisotopic (exact) mass is 202 g/mol. The molecule has 0 spiro atoms. The van der Waals surface area contributed by atoms with Crippen molar-refractivity contribution in [1.29, 1.82) is 0 Å². The van der Waals surface area contributed by atoms with Crippen LogP contribution in [0.5, 0.6) is 5.75 Å². The Morgan fingerprint density at radius 3 is 2.93 bits per heavy atom. The number of benzene rings is 1. The van der Waals surface area contributed by atoms with Gasteiger partial charge in [-0.2, -0.15) is 0 Å². The summed E-state index contributed by atoms with van der Waals surface area (Å²) in [7, 11) is 0. The highest BCUT2D eigenvalue weighted by atomic mass is 16.5. The van der Waals surface area contributed by atoms with E-state index < -0.39 is 0 Å². The summed E-state index contributed by atoms with van der Waals surface area (Å²) in [5, 5.41) is 10.5. The van der Waals surface area contributed by atoms with E-state index >= 15 is 0 Å². The van der Waals surface area contributed by atoms with Crippen LogP contribution in [-0.2, 0) is 0 Å². The minimum atomic E-state index is 0.410. The van der Waals surface area contributed by atoms with Crippen molar-refractivity contribution in [3.8, 4) is 5.75 Å². The molecule has 3 nitrogen and oxygen atoms in total. The van der Waals surface area contributed by atoms with E-state index in [0.717, 1.165) is 34.2 Å². The highest BCUT2D eigenvalue weighted by Crippen LogP contribution is 2.28. The van der Waals surface area contributed by atoms with Gasteiger partial charge in [0.25, 0.3) is 5.52 Å². The van der Waals surface area contributed by atoms with Crippen molar-refractivity contribution >= 4 is 10.9 Å². The van der Waals surface area contributed by atoms with E-state index in [9.17, 15) is 5.21 Å². The second-order valence-corrected chi connectivity index (χ2v) is 3.89. The van der Waals surface area contributed by atoms with E-state index in [1.54, 1.807) is 6.20 Å². The maximum absolute atomic E-state index is 9.53. The fraction of sp³-hybridized carbons (Fsp3) is 0.250. The first-order chi connectivity index (χ1) is 7.33. The van der Waals surface area contributed by atoms with Crippen molar-refractivity contribution in [3.05, 3.63) is 36.5 Å². The van der Waals surface area contributed by atoms with Crippen LogP contribution < -0.4 is 9.47 Å². The first-order valence-electron chi connectivity index (χ1n) is 5.13. The van der Waals surface area contributed by atoms with Crippen molar-refractivity contribution in [2.45, 2.75) is 18.9 Å². The topological polar surface area (TPSA) is 33.3 Å². The number of nitrogens with zero attached hydrogens (tertiary/aromatic N) is 1. The zero-order chi connectivity index (χ0) is 10.3. The summed E-state index contributed by atoms with van der Waals surface area (Å²) in [6.07, 6.45) is 4.34. The molecule has 0 bridgehead atoms. The quantitative estimate of drug-likeness (QED) is 0.596. The van der Waals surface area contributed by atoms with Crippen molar-refractivity contribution in [2.24, 2.45) is 0 Å². The molecule has 1 N–H and O–H groups in total. The predicted molar refractivity (Wildman–Crippen MR) is 55.0 cm³/mol. The SMILES string of the molecule is O[n+]1cccc2cc(OC3CC3)ccc21. The second kappa shape index (κ2) is 3.12. The normalized spacial score (nSPS) is 15.5. The molecule has 1 aliphatic carbocycles. The number of rotatable bonds is 2. The lowest BCUT2D eigenvalue weighted by atomic mass is 10.2. The molecule has 0 saturated heterocycles. The third-order valence-corrected chi connectivity index (χ3v) is 2.58. The molecule has 1 aromatic heterocycles. The van der Waals surface area contributed by atoms with Gasteiger partial charge in [0, 0.05) is 16.9 Å². The summed E-state index contributed by atoms with van der Waals surface area (Å²) in [5.41, 5.74) is 0.792. The molecule has 2 aromatic rings. The summed E-state index contributed by atoms with van der Waals surface area (Å²) in [5.74, 6) is 0.885. The van der Waals surface area contributed by atoms with Gasteiger partial charge in [0.05, 0.1) is 11.5 Å². The largest absolute Gasteiger partial charge is 0.490 e. The van der Waals surface area contributed by atoms with Gasteiger partial charge in [0.2, 0.25) is 6.20 Å². The van der Waals surface area contributed by atoms with Gasteiger partial charge in [-0.3, -0.25) is 5.21 Å². The Labute approximate surface area is 87.5 Å². The Bertz CT molecular complexity index is 506. The minimum Gasteiger partial charge on any atom is -0.490 e. The van der Waals surface area contributed by atoms with Gasteiger partial charge >= 0.3 is 0 Å². The number of ether oxygens (including phenoxy) is 1. The third kappa shape index (κ3) is 1.61. The van der Waals surface area contributed by atoms with Crippen molar-refractivity contribution in [1.82, 2.24) is 0 Å². The standard InChI is InChI=1S/C12H12NO2/c14-13-7-1-2-9-8-11(5-6-12(9)13)15-10-3-4-10/h1-2,5-8,10,14H,3-4H2/q+1. The van der Waals surface area contributed by atoms with Gasteiger partial charge in [-0.15, -0.1) is 0 Å². The molecule has 0 atom stereocenters. The van der Waals surface area contributed by atoms with Crippen LogP contribution in [0.15, 0.2) is 36.5 Å². The van der Waals surface area contributed by atoms with E-state index in [0.29, 0.717) is 6.10 Å². The molecule has 1 aromatic carbocycles. The Balaban J connectivity index is 2.05. The van der Waals surface area contributed by atoms with Gasteiger partial charge < -0.3 is 4.74 Å². The first-order valence-corrected chi connectivity index (χ1v) is 5.13. The Kier molecular flexibility index (Phi) is 1.78. The van der Waals surface area contributed by atoms with Crippen LogP contribution in [0.1, 0.15) is 12.8 Å². The molecule has 1 saturated carbocycles. The Morgan fingerprint density at radius 2 is 2.13 bits per heavy atom. The summed E-state index contributed by atoms with van der Waals surface area (Å²) >= 11 is 0. The third-order valence-electron chi connectivity index (χ3n) is 2.58. The van der Waals surface area contributed by atoms with E-state index in [2.05, 4.69) is 0 Å². The minimum absolute atomic E-state index is 0.410. The fourth-order valence-corrected chi connectivity index (χ4v) is 1.63. The van der Waals surface area contributed by atoms with Crippen molar-refractivity contribution in [2.75, 3.05) is 0 Å². The molecule has 76 valence electrons. The lowest BCUT2D eigenvalue weighted by Crippen LogP contribution is -2.29. The molecule has 3 rings (SSSR count). The number of fused-ring (bicyclic) bond motifs is 1. The highest BCUT2D eigenvalue weighted by molar-refractivity contribution is 5.77. The summed E-state index contributed by atoms with van der Waals surface area (Å²) in [6, 6.07) is 9.49. The van der Waals surface area contributed by atoms with E-state index in [1.165, 1.54) is 0 Å². The molecule has 0 amide bonds. The van der Waals surface area contributed by atoms with Crippen LogP contribution in [0.25, 0.3) is 10.9 Å². The number of hydrogen-bond acceptors (Lipinski definition) is 2. The summed E-state index contributed by atoms with van der Waals surface area (Å²) < 4.78 is 6.80. The number of aromatic nitrogens is 1. The molecule has 0 radical (unpaired) electrons. The molecule has 1 heterocycles. The smallest absolute Gasteiger partial charge is 0.264 e. The zero-order valence-electron chi connectivity index (χ0n) is 8.26. The Morgan fingerprint density at radius 1 is 1.27 bits per heavy atom. The number of hydrogen-bond donors (Lipinski definition) is 1. The second-order valence-electron chi connectivity index (χ2n) is 3.89. The summed E-state index contributed by atoms with van der Waals surface area (Å²) in [4.78, 5) is 0. The highest BCUT2D eigenvalue weighted by Gasteiger charge is 2.23. The van der Waals surface area contributed by atoms with Crippen LogP contribution >= 0.6 is 0 Å². The lowest BCUT2D eigenvalue weighted by Gasteiger charge is -2.03. The molecule has 0 unspecified atom stereocenters. The van der Waals surface area contributed by atoms with Gasteiger partial charge in [-0.05, 0) is 31.0 Å². The average Bonchev–Trinajstić information content (AvgIpc) is 3.02. The lowest BCUT2D eigenvalue weighted by molar-refractivity contribution is -0.884. The molecular weight excluding hydrogens is 190 g/mol. The predicted octanol–water partition coefficient (Wildman–Crippen LogP) is 1.91. The van der Waals surface area contributed by atoms with E-state index in [4.69, 9.17) is 4.74 Å². The first kappa shape index (κ1) is 8.53. The van der Waals surface area contributed by atoms with Crippen LogP contribution in [0.3, 0.4) is 0 Å². The molecule has 0 aliphatic heterocycles. The molecular formula is C12H12NO2+. The molecule has 1 fully saturated rings.